The first-order valence-electron chi connectivity index (χ1n) is 0. The molecule has 0 unspecified atom stereocenters. The van der Waals surface area contributed by atoms with Crippen LogP contribution in [-0.4, -0.2) is 0 Å². The molecule has 0 saturated carbocycles. The molecule has 0 aliphatic carbocycles. The van der Waals surface area contributed by atoms with Gasteiger partial charge in [-0.15, -0.1) is 0 Å². The molecule has 0 aliphatic rings. The van der Waals surface area contributed by atoms with Gasteiger partial charge in [0, 0.05) is 35.6 Å². The molecule has 0 atom stereocenters. The summed E-state index contributed by atoms with van der Waals surface area (Å²) in [7, 11) is 0. The van der Waals surface area contributed by atoms with Gasteiger partial charge in [-0.3, -0.25) is 0 Å². The van der Waals surface area contributed by atoms with Gasteiger partial charge in [0.05, 0.1) is 0 Å². The smallest absolute Gasteiger partial charge is 2.00 e. The second-order valence-corrected chi connectivity index (χ2v) is 0. The Balaban J connectivity index is 0. The second kappa shape index (κ2) is 21.9. The van der Waals surface area contributed by atoms with E-state index in [4.69, 9.17) is 0 Å². The van der Waals surface area contributed by atoms with Gasteiger partial charge in [0.1, 0.15) is 0 Å². The Morgan fingerprint density at radius 1 is 0.750 bits per heavy atom. The second-order valence-electron chi connectivity index (χ2n) is 0. The summed E-state index contributed by atoms with van der Waals surface area (Å²) in [5, 5.41) is 0. The van der Waals surface area contributed by atoms with Gasteiger partial charge in [-0.05, 0) is 0 Å². The van der Waals surface area contributed by atoms with Crippen LogP contribution in [0.15, 0.2) is 0 Å². The summed E-state index contributed by atoms with van der Waals surface area (Å²) in [5.74, 6) is 0. The van der Waals surface area contributed by atoms with Gasteiger partial charge in [-0.25, -0.2) is 0 Å². The molecule has 0 aromatic carbocycles. The Labute approximate surface area is 65.3 Å². The van der Waals surface area contributed by atoms with Crippen molar-refractivity contribution in [3.8, 4) is 0 Å². The van der Waals surface area contributed by atoms with Crippen LogP contribution in [0.1, 0.15) is 0 Å². The molecule has 0 aliphatic heterocycles. The van der Waals surface area contributed by atoms with Crippen molar-refractivity contribution in [3.05, 3.63) is 0 Å². The molecule has 0 saturated heterocycles. The maximum Gasteiger partial charge on any atom is 4.00 e. The summed E-state index contributed by atoms with van der Waals surface area (Å²) in [4.78, 5) is 0. The summed E-state index contributed by atoms with van der Waals surface area (Å²) < 4.78 is 0. The SMILES string of the molecule is [La].[O-2].[O-2].[Ru+4]. The van der Waals surface area contributed by atoms with Gasteiger partial charge < -0.3 is 11.0 Å². The van der Waals surface area contributed by atoms with Crippen molar-refractivity contribution in [1.82, 2.24) is 0 Å². The molecule has 0 aromatic rings. The van der Waals surface area contributed by atoms with Crippen LogP contribution in [0.2, 0.25) is 0 Å². The van der Waals surface area contributed by atoms with Crippen LogP contribution in [0.3, 0.4) is 0 Å². The third-order valence-corrected chi connectivity index (χ3v) is 0. The van der Waals surface area contributed by atoms with E-state index in [9.17, 15) is 0 Å². The first-order chi connectivity index (χ1) is 0. The van der Waals surface area contributed by atoms with Crippen LogP contribution in [0.4, 0.5) is 0 Å². The molecule has 2 nitrogen and oxygen atoms in total. The van der Waals surface area contributed by atoms with Gasteiger partial charge in [-0.1, -0.05) is 0 Å². The van der Waals surface area contributed by atoms with E-state index in [0.717, 1.165) is 0 Å². The molecule has 4 heteroatoms. The van der Waals surface area contributed by atoms with Crippen LogP contribution >= 0.6 is 0 Å². The van der Waals surface area contributed by atoms with Crippen LogP contribution < -0.4 is 0 Å². The van der Waals surface area contributed by atoms with Crippen molar-refractivity contribution >= 4 is 0 Å². The average molecular weight is 272 g/mol. The monoisotopic (exact) mass is 273 g/mol. The van der Waals surface area contributed by atoms with E-state index >= 15 is 0 Å². The van der Waals surface area contributed by atoms with Gasteiger partial charge in [0.25, 0.3) is 0 Å². The Hall–Kier alpha value is 1.74. The fourth-order valence-corrected chi connectivity index (χ4v) is 0. The Morgan fingerprint density at radius 2 is 0.750 bits per heavy atom. The maximum absolute atomic E-state index is 0. The molecular formula is LaO2Ru. The van der Waals surface area contributed by atoms with Crippen molar-refractivity contribution in [2.45, 2.75) is 0 Å². The number of hydrogen-bond donors (Lipinski definition) is 0. The third-order valence-electron chi connectivity index (χ3n) is 0. The minimum Gasteiger partial charge on any atom is -2.00 e. The van der Waals surface area contributed by atoms with Crippen LogP contribution in [0.25, 0.3) is 0 Å². The molecule has 0 bridgehead atoms. The summed E-state index contributed by atoms with van der Waals surface area (Å²) in [6, 6.07) is 0. The van der Waals surface area contributed by atoms with Crippen molar-refractivity contribution in [2.75, 3.05) is 0 Å². The molecular weight excluding hydrogens is 272 g/mol. The molecule has 0 amide bonds. The topological polar surface area (TPSA) is 57.0 Å². The molecule has 0 aromatic heterocycles. The van der Waals surface area contributed by atoms with Crippen molar-refractivity contribution in [3.63, 3.8) is 0 Å². The van der Waals surface area contributed by atoms with Gasteiger partial charge >= 0.3 is 19.5 Å². The summed E-state index contributed by atoms with van der Waals surface area (Å²) >= 11 is 0. The van der Waals surface area contributed by atoms with E-state index in [1.54, 1.807) is 0 Å². The van der Waals surface area contributed by atoms with E-state index in [1.165, 1.54) is 0 Å². The zero-order valence-electron chi connectivity index (χ0n) is 1.75. The molecule has 4 heavy (non-hydrogen) atoms. The van der Waals surface area contributed by atoms with E-state index in [1.807, 2.05) is 0 Å². The predicted molar refractivity (Wildman–Crippen MR) is 1.37 cm³/mol. The molecule has 0 rings (SSSR count). The molecule has 1 radical (unpaired) electrons. The molecule has 0 spiro atoms. The van der Waals surface area contributed by atoms with E-state index < -0.39 is 0 Å². The molecule has 0 N–H and O–H groups in total. The molecule has 0 fully saturated rings. The normalized spacial score (nSPS) is 0. The first-order valence-corrected chi connectivity index (χ1v) is 0. The van der Waals surface area contributed by atoms with Crippen LogP contribution in [0.5, 0.6) is 0 Å². The minimum absolute atomic E-state index is 0. The summed E-state index contributed by atoms with van der Waals surface area (Å²) in [6.07, 6.45) is 0. The van der Waals surface area contributed by atoms with Gasteiger partial charge in [0.2, 0.25) is 0 Å². The van der Waals surface area contributed by atoms with E-state index in [0.29, 0.717) is 0 Å². The fraction of sp³-hybridized carbons (Fsp3) is 0. The van der Waals surface area contributed by atoms with Crippen LogP contribution in [-0.2, 0) is 30.4 Å². The standard InChI is InChI=1S/La.2O.Ru/q;2*-2;+4. The number of rotatable bonds is 0. The number of hydrogen-bond acceptors (Lipinski definition) is 0. The zero-order chi connectivity index (χ0) is 0. The molecule has 0 heterocycles. The quantitative estimate of drug-likeness (QED) is 0.546. The maximum atomic E-state index is 0. The van der Waals surface area contributed by atoms with Crippen molar-refractivity contribution in [1.29, 1.82) is 0 Å². The first kappa shape index (κ1) is 42.6. The Kier molecular flexibility index (Phi) is 234. The molecule has 23 valence electrons. The van der Waals surface area contributed by atoms with Gasteiger partial charge in [-0.2, -0.15) is 0 Å². The average Bonchev–Trinajstić information content (AvgIpc) is 0. The van der Waals surface area contributed by atoms with E-state index in [2.05, 4.69) is 0 Å². The van der Waals surface area contributed by atoms with E-state index in [-0.39, 0.29) is 66.0 Å². The van der Waals surface area contributed by atoms with Crippen LogP contribution in [0, 0.1) is 35.6 Å². The Bertz CT molecular complexity index is 6.00. The van der Waals surface area contributed by atoms with Crippen molar-refractivity contribution in [2.24, 2.45) is 0 Å². The largest absolute Gasteiger partial charge is 4.00 e. The Morgan fingerprint density at radius 3 is 0.750 bits per heavy atom. The summed E-state index contributed by atoms with van der Waals surface area (Å²) in [6.45, 7) is 0. The predicted octanol–water partition coefficient (Wildman–Crippen LogP) is -0.240. The zero-order valence-corrected chi connectivity index (χ0v) is 7.11. The minimum atomic E-state index is 0. The summed E-state index contributed by atoms with van der Waals surface area (Å²) in [5.41, 5.74) is 0. The van der Waals surface area contributed by atoms with Crippen molar-refractivity contribution < 1.29 is 66.0 Å². The van der Waals surface area contributed by atoms with Gasteiger partial charge in [0.15, 0.2) is 0 Å². The fourth-order valence-electron chi connectivity index (χ4n) is 0. The third kappa shape index (κ3) is 9.28.